The lowest BCUT2D eigenvalue weighted by Crippen LogP contribution is -2.23. The largest absolute Gasteiger partial charge is 0.347 e. The average molecular weight is 285 g/mol. The second-order valence-corrected chi connectivity index (χ2v) is 5.20. The Labute approximate surface area is 122 Å². The van der Waals surface area contributed by atoms with Gasteiger partial charge in [0.1, 0.15) is 5.69 Å². The molecule has 4 nitrogen and oxygen atoms in total. The van der Waals surface area contributed by atoms with E-state index in [0.29, 0.717) is 18.8 Å². The lowest BCUT2D eigenvalue weighted by molar-refractivity contribution is 0.0946. The van der Waals surface area contributed by atoms with E-state index in [9.17, 15) is 4.79 Å². The van der Waals surface area contributed by atoms with Gasteiger partial charge in [0.2, 0.25) is 0 Å². The summed E-state index contributed by atoms with van der Waals surface area (Å²) in [6.07, 6.45) is 0. The zero-order chi connectivity index (χ0) is 14.4. The Balaban J connectivity index is 1.92. The van der Waals surface area contributed by atoms with Gasteiger partial charge in [-0.05, 0) is 24.6 Å². The number of thiazole rings is 1. The van der Waals surface area contributed by atoms with Crippen molar-refractivity contribution < 1.29 is 4.79 Å². The molecule has 1 aromatic carbocycles. The zero-order valence-corrected chi connectivity index (χ0v) is 12.0. The number of nitrogens with zero attached hydrogens (tertiary/aromatic N) is 1. The van der Waals surface area contributed by atoms with Gasteiger partial charge in [-0.3, -0.25) is 4.79 Å². The monoisotopic (exact) mass is 285 g/mol. The fraction of sp³-hybridized carbons (Fsp3) is 0.200. The van der Waals surface area contributed by atoms with Gasteiger partial charge in [0.05, 0.1) is 11.6 Å². The number of nitrogens with two attached hydrogens (primary N) is 1. The summed E-state index contributed by atoms with van der Waals surface area (Å²) < 4.78 is 0. The van der Waals surface area contributed by atoms with Crippen LogP contribution in [0.15, 0.2) is 29.6 Å². The van der Waals surface area contributed by atoms with Gasteiger partial charge in [-0.15, -0.1) is 11.3 Å². The number of hydrogen-bond donors (Lipinski definition) is 2. The van der Waals surface area contributed by atoms with Crippen molar-refractivity contribution in [1.82, 2.24) is 10.3 Å². The summed E-state index contributed by atoms with van der Waals surface area (Å²) >= 11 is 1.47. The van der Waals surface area contributed by atoms with Gasteiger partial charge in [0.15, 0.2) is 0 Å². The summed E-state index contributed by atoms with van der Waals surface area (Å²) in [6.45, 7) is 2.70. The van der Waals surface area contributed by atoms with Crippen LogP contribution in [0.2, 0.25) is 0 Å². The number of aryl methyl sites for hydroxylation is 1. The van der Waals surface area contributed by atoms with E-state index in [1.165, 1.54) is 11.3 Å². The summed E-state index contributed by atoms with van der Waals surface area (Å²) in [5, 5.41) is 5.49. The lowest BCUT2D eigenvalue weighted by Gasteiger charge is -2.03. The molecule has 0 saturated heterocycles. The molecule has 20 heavy (non-hydrogen) atoms. The quantitative estimate of drug-likeness (QED) is 0.843. The number of carbonyl (C=O) groups is 1. The summed E-state index contributed by atoms with van der Waals surface area (Å²) in [6, 6.07) is 7.70. The van der Waals surface area contributed by atoms with E-state index in [0.717, 1.165) is 16.1 Å². The van der Waals surface area contributed by atoms with Gasteiger partial charge in [0, 0.05) is 17.5 Å². The van der Waals surface area contributed by atoms with Gasteiger partial charge in [-0.2, -0.15) is 0 Å². The van der Waals surface area contributed by atoms with Crippen LogP contribution in [0.25, 0.3) is 0 Å². The van der Waals surface area contributed by atoms with Gasteiger partial charge in [0.25, 0.3) is 5.91 Å². The van der Waals surface area contributed by atoms with Crippen molar-refractivity contribution in [3.05, 3.63) is 51.5 Å². The second kappa shape index (κ2) is 6.85. The molecule has 1 amide bonds. The van der Waals surface area contributed by atoms with Gasteiger partial charge >= 0.3 is 0 Å². The molecule has 1 aromatic heterocycles. The van der Waals surface area contributed by atoms with Crippen molar-refractivity contribution in [1.29, 1.82) is 0 Å². The SMILES string of the molecule is Cc1nc(C(=O)NCc2ccc(C#CCN)cc2)cs1. The summed E-state index contributed by atoms with van der Waals surface area (Å²) in [7, 11) is 0. The van der Waals surface area contributed by atoms with Crippen molar-refractivity contribution in [2.75, 3.05) is 6.54 Å². The minimum Gasteiger partial charge on any atom is -0.347 e. The normalized spacial score (nSPS) is 9.70. The maximum Gasteiger partial charge on any atom is 0.271 e. The Bertz CT molecular complexity index is 650. The van der Waals surface area contributed by atoms with Crippen molar-refractivity contribution in [2.45, 2.75) is 13.5 Å². The first-order valence-corrected chi connectivity index (χ1v) is 7.05. The molecule has 2 rings (SSSR count). The zero-order valence-electron chi connectivity index (χ0n) is 11.1. The molecule has 0 fully saturated rings. The predicted octanol–water partition coefficient (Wildman–Crippen LogP) is 1.69. The molecular formula is C15H15N3OS. The van der Waals surface area contributed by atoms with Crippen molar-refractivity contribution in [3.8, 4) is 11.8 Å². The van der Waals surface area contributed by atoms with Crippen LogP contribution in [0.1, 0.15) is 26.6 Å². The number of carbonyl (C=O) groups excluding carboxylic acids is 1. The smallest absolute Gasteiger partial charge is 0.271 e. The van der Waals surface area contributed by atoms with E-state index in [4.69, 9.17) is 5.73 Å². The van der Waals surface area contributed by atoms with Crippen LogP contribution in [0, 0.1) is 18.8 Å². The molecule has 5 heteroatoms. The van der Waals surface area contributed by atoms with Gasteiger partial charge < -0.3 is 11.1 Å². The lowest BCUT2D eigenvalue weighted by atomic mass is 10.1. The van der Waals surface area contributed by atoms with Crippen molar-refractivity contribution in [3.63, 3.8) is 0 Å². The third-order valence-electron chi connectivity index (χ3n) is 2.59. The Morgan fingerprint density at radius 3 is 2.75 bits per heavy atom. The topological polar surface area (TPSA) is 68.0 Å². The third kappa shape index (κ3) is 3.92. The van der Waals surface area contributed by atoms with E-state index in [-0.39, 0.29) is 5.91 Å². The molecule has 0 aliphatic heterocycles. The first kappa shape index (κ1) is 14.3. The number of amides is 1. The first-order valence-electron chi connectivity index (χ1n) is 6.17. The fourth-order valence-electron chi connectivity index (χ4n) is 1.60. The first-order chi connectivity index (χ1) is 9.69. The van der Waals surface area contributed by atoms with E-state index >= 15 is 0 Å². The Morgan fingerprint density at radius 1 is 1.40 bits per heavy atom. The molecular weight excluding hydrogens is 270 g/mol. The van der Waals surface area contributed by atoms with Crippen LogP contribution in [-0.4, -0.2) is 17.4 Å². The standard InChI is InChI=1S/C15H15N3OS/c1-11-18-14(10-20-11)15(19)17-9-13-6-4-12(5-7-13)3-2-8-16/h4-7,10H,8-9,16H2,1H3,(H,17,19). The number of nitrogens with one attached hydrogen (secondary N) is 1. The number of hydrogen-bond acceptors (Lipinski definition) is 4. The summed E-state index contributed by atoms with van der Waals surface area (Å²) in [4.78, 5) is 16.0. The highest BCUT2D eigenvalue weighted by molar-refractivity contribution is 7.09. The average Bonchev–Trinajstić information content (AvgIpc) is 2.90. The number of rotatable bonds is 3. The molecule has 0 atom stereocenters. The molecule has 0 radical (unpaired) electrons. The van der Waals surface area contributed by atoms with Crippen molar-refractivity contribution >= 4 is 17.2 Å². The maximum atomic E-state index is 11.8. The van der Waals surface area contributed by atoms with E-state index in [1.54, 1.807) is 5.38 Å². The van der Waals surface area contributed by atoms with Crippen molar-refractivity contribution in [2.24, 2.45) is 5.73 Å². The minimum absolute atomic E-state index is 0.152. The van der Waals surface area contributed by atoms with Crippen LogP contribution >= 0.6 is 11.3 Å². The van der Waals surface area contributed by atoms with Gasteiger partial charge in [-0.25, -0.2) is 4.98 Å². The molecule has 0 aliphatic carbocycles. The highest BCUT2D eigenvalue weighted by Crippen LogP contribution is 2.08. The van der Waals surface area contributed by atoms with Crippen LogP contribution < -0.4 is 11.1 Å². The van der Waals surface area contributed by atoms with E-state index in [2.05, 4.69) is 22.1 Å². The molecule has 102 valence electrons. The van der Waals surface area contributed by atoms with Gasteiger partial charge in [-0.1, -0.05) is 24.0 Å². The molecule has 1 heterocycles. The Hall–Kier alpha value is -2.16. The van der Waals surface area contributed by atoms with Crippen LogP contribution in [0.5, 0.6) is 0 Å². The minimum atomic E-state index is -0.152. The summed E-state index contributed by atoms with van der Waals surface area (Å²) in [5.41, 5.74) is 7.72. The van der Waals surface area contributed by atoms with E-state index in [1.807, 2.05) is 31.2 Å². The summed E-state index contributed by atoms with van der Waals surface area (Å²) in [5.74, 6) is 5.60. The second-order valence-electron chi connectivity index (χ2n) is 4.14. The Kier molecular flexibility index (Phi) is 4.88. The molecule has 0 saturated carbocycles. The molecule has 0 spiro atoms. The number of aromatic nitrogens is 1. The molecule has 3 N–H and O–H groups in total. The van der Waals surface area contributed by atoms with Crippen LogP contribution in [0.3, 0.4) is 0 Å². The highest BCUT2D eigenvalue weighted by Gasteiger charge is 2.08. The molecule has 0 unspecified atom stereocenters. The molecule has 2 aromatic rings. The Morgan fingerprint density at radius 2 is 2.15 bits per heavy atom. The molecule has 0 aliphatic rings. The van der Waals surface area contributed by atoms with E-state index < -0.39 is 0 Å². The van der Waals surface area contributed by atoms with Crippen LogP contribution in [-0.2, 0) is 6.54 Å². The van der Waals surface area contributed by atoms with Crippen LogP contribution in [0.4, 0.5) is 0 Å². The fourth-order valence-corrected chi connectivity index (χ4v) is 2.19. The predicted molar refractivity (Wildman–Crippen MR) is 80.4 cm³/mol. The third-order valence-corrected chi connectivity index (χ3v) is 3.37. The maximum absolute atomic E-state index is 11.8. The highest BCUT2D eigenvalue weighted by atomic mass is 32.1. The molecule has 0 bridgehead atoms. The number of benzene rings is 1.